The SMILES string of the molecule is CC(C)(C)OC(=O)N[C@H]1CCCCC/C=C/[C@@H]2C[C@@]2(C(=O)O)NC(=O)[C@@H]2C[C@@H](OC(=O)N3Cc4ccc(OCCN5CCOCC5)cc4C3)CN2C1=O. The number of nitrogens with one attached hydrogen (secondary N) is 2. The normalized spacial score (nSPS) is 28.7. The predicted molar refractivity (Wildman–Crippen MR) is 191 cm³/mol. The van der Waals surface area contributed by atoms with Crippen molar-refractivity contribution in [2.75, 3.05) is 46.0 Å². The molecule has 1 aliphatic carbocycles. The van der Waals surface area contributed by atoms with Gasteiger partial charge in [-0.25, -0.2) is 14.4 Å². The largest absolute Gasteiger partial charge is 0.492 e. The molecule has 1 aromatic rings. The van der Waals surface area contributed by atoms with Crippen LogP contribution in [0.3, 0.4) is 0 Å². The summed E-state index contributed by atoms with van der Waals surface area (Å²) in [6, 6.07) is 3.65. The molecule has 0 unspecified atom stereocenters. The van der Waals surface area contributed by atoms with E-state index in [9.17, 15) is 29.1 Å². The third-order valence-electron chi connectivity index (χ3n) is 10.5. The van der Waals surface area contributed by atoms with Crippen molar-refractivity contribution in [1.82, 2.24) is 25.3 Å². The maximum atomic E-state index is 14.2. The van der Waals surface area contributed by atoms with Gasteiger partial charge in [0.15, 0.2) is 0 Å². The molecule has 15 heteroatoms. The summed E-state index contributed by atoms with van der Waals surface area (Å²) < 4.78 is 22.8. The lowest BCUT2D eigenvalue weighted by Crippen LogP contribution is -2.56. The maximum absolute atomic E-state index is 14.2. The molecule has 5 aliphatic rings. The zero-order chi connectivity index (χ0) is 37.8. The number of allylic oxidation sites excluding steroid dienone is 1. The minimum absolute atomic E-state index is 0.0272. The Labute approximate surface area is 310 Å². The molecule has 3 fully saturated rings. The Balaban J connectivity index is 1.13. The van der Waals surface area contributed by atoms with Crippen LogP contribution < -0.4 is 15.4 Å². The molecule has 5 atom stereocenters. The van der Waals surface area contributed by atoms with E-state index in [1.807, 2.05) is 30.4 Å². The maximum Gasteiger partial charge on any atom is 0.410 e. The zero-order valence-corrected chi connectivity index (χ0v) is 31.0. The number of aliphatic carboxylic acids is 1. The van der Waals surface area contributed by atoms with Gasteiger partial charge >= 0.3 is 18.2 Å². The van der Waals surface area contributed by atoms with E-state index in [2.05, 4.69) is 15.5 Å². The van der Waals surface area contributed by atoms with Gasteiger partial charge in [0.05, 0.1) is 19.8 Å². The Morgan fingerprint density at radius 1 is 1.08 bits per heavy atom. The van der Waals surface area contributed by atoms with Crippen LogP contribution in [0.4, 0.5) is 9.59 Å². The van der Waals surface area contributed by atoms with Gasteiger partial charge in [0, 0.05) is 45.1 Å². The van der Waals surface area contributed by atoms with Crippen LogP contribution in [-0.4, -0.2) is 125 Å². The van der Waals surface area contributed by atoms with E-state index in [1.54, 1.807) is 25.7 Å². The number of ether oxygens (including phenoxy) is 4. The summed E-state index contributed by atoms with van der Waals surface area (Å²) in [6.45, 7) is 10.3. The van der Waals surface area contributed by atoms with Crippen molar-refractivity contribution >= 4 is 30.0 Å². The first-order valence-corrected chi connectivity index (χ1v) is 18.8. The number of nitrogens with zero attached hydrogens (tertiary/aromatic N) is 3. The molecule has 4 aliphatic heterocycles. The molecule has 6 rings (SSSR count). The number of fused-ring (bicyclic) bond motifs is 3. The fraction of sp³-hybridized carbons (Fsp3) is 0.658. The average Bonchev–Trinajstić information content (AvgIpc) is 3.41. The molecule has 290 valence electrons. The van der Waals surface area contributed by atoms with Gasteiger partial charge in [-0.15, -0.1) is 0 Å². The molecule has 0 aromatic heterocycles. The second-order valence-corrected chi connectivity index (χ2v) is 15.7. The lowest BCUT2D eigenvalue weighted by atomic mass is 10.0. The molecule has 1 saturated carbocycles. The average molecular weight is 740 g/mol. The molecule has 1 aromatic carbocycles. The first kappa shape index (κ1) is 38.4. The summed E-state index contributed by atoms with van der Waals surface area (Å²) in [6.07, 6.45) is 5.06. The van der Waals surface area contributed by atoms with Gasteiger partial charge in [0.25, 0.3) is 0 Å². The molecule has 2 saturated heterocycles. The van der Waals surface area contributed by atoms with Crippen molar-refractivity contribution < 1.29 is 48.0 Å². The lowest BCUT2D eigenvalue weighted by molar-refractivity contribution is -0.145. The molecular formula is C38H53N5O10. The molecule has 0 bridgehead atoms. The highest BCUT2D eigenvalue weighted by atomic mass is 16.6. The van der Waals surface area contributed by atoms with Crippen LogP contribution in [0.15, 0.2) is 30.4 Å². The van der Waals surface area contributed by atoms with Gasteiger partial charge in [-0.05, 0) is 69.7 Å². The Morgan fingerprint density at radius 2 is 1.85 bits per heavy atom. The third kappa shape index (κ3) is 9.60. The van der Waals surface area contributed by atoms with E-state index >= 15 is 0 Å². The van der Waals surface area contributed by atoms with Crippen LogP contribution in [0.1, 0.15) is 76.8 Å². The predicted octanol–water partition coefficient (Wildman–Crippen LogP) is 3.19. The molecule has 4 amide bonds. The van der Waals surface area contributed by atoms with Crippen molar-refractivity contribution in [3.8, 4) is 5.75 Å². The number of carboxylic acid groups (broad SMARTS) is 1. The Bertz CT molecular complexity index is 1570. The topological polar surface area (TPSA) is 176 Å². The quantitative estimate of drug-likeness (QED) is 0.350. The summed E-state index contributed by atoms with van der Waals surface area (Å²) in [5, 5.41) is 15.6. The van der Waals surface area contributed by atoms with E-state index in [-0.39, 0.29) is 25.3 Å². The number of morpholine rings is 1. The lowest BCUT2D eigenvalue weighted by Gasteiger charge is -2.30. The molecule has 0 spiro atoms. The van der Waals surface area contributed by atoms with Gasteiger partial charge in [0.1, 0.15) is 41.7 Å². The number of hydrogen-bond acceptors (Lipinski definition) is 10. The van der Waals surface area contributed by atoms with E-state index in [4.69, 9.17) is 18.9 Å². The molecular weight excluding hydrogens is 686 g/mol. The fourth-order valence-corrected chi connectivity index (χ4v) is 7.52. The number of alkyl carbamates (subject to hydrolysis) is 1. The van der Waals surface area contributed by atoms with E-state index < -0.39 is 59.3 Å². The monoisotopic (exact) mass is 739 g/mol. The van der Waals surface area contributed by atoms with Crippen molar-refractivity contribution in [3.05, 3.63) is 41.5 Å². The fourth-order valence-electron chi connectivity index (χ4n) is 7.52. The third-order valence-corrected chi connectivity index (χ3v) is 10.5. The Morgan fingerprint density at radius 3 is 2.60 bits per heavy atom. The van der Waals surface area contributed by atoms with E-state index in [0.29, 0.717) is 32.5 Å². The van der Waals surface area contributed by atoms with Gasteiger partial charge in [0.2, 0.25) is 11.8 Å². The van der Waals surface area contributed by atoms with Crippen LogP contribution in [0.5, 0.6) is 5.75 Å². The van der Waals surface area contributed by atoms with Crippen molar-refractivity contribution in [2.24, 2.45) is 5.92 Å². The number of carbonyl (C=O) groups excluding carboxylic acids is 4. The summed E-state index contributed by atoms with van der Waals surface area (Å²) in [5.74, 6) is -1.96. The molecule has 4 heterocycles. The minimum atomic E-state index is -1.47. The highest BCUT2D eigenvalue weighted by Crippen LogP contribution is 2.45. The molecule has 53 heavy (non-hydrogen) atoms. The van der Waals surface area contributed by atoms with Gasteiger partial charge in [-0.3, -0.25) is 19.4 Å². The van der Waals surface area contributed by atoms with E-state index in [0.717, 1.165) is 69.0 Å². The summed E-state index contributed by atoms with van der Waals surface area (Å²) >= 11 is 0. The molecule has 0 radical (unpaired) electrons. The zero-order valence-electron chi connectivity index (χ0n) is 31.0. The highest BCUT2D eigenvalue weighted by Gasteiger charge is 2.61. The smallest absolute Gasteiger partial charge is 0.410 e. The number of rotatable bonds is 7. The van der Waals surface area contributed by atoms with Gasteiger partial charge in [-0.1, -0.05) is 31.1 Å². The van der Waals surface area contributed by atoms with E-state index in [1.165, 1.54) is 4.90 Å². The summed E-state index contributed by atoms with van der Waals surface area (Å²) in [4.78, 5) is 72.1. The Hall–Kier alpha value is -4.37. The molecule has 3 N–H and O–H groups in total. The molecule has 15 nitrogen and oxygen atoms in total. The second-order valence-electron chi connectivity index (χ2n) is 15.7. The van der Waals surface area contributed by atoms with Crippen LogP contribution in [-0.2, 0) is 41.7 Å². The number of hydrogen-bond donors (Lipinski definition) is 3. The first-order chi connectivity index (χ1) is 25.3. The Kier molecular flexibility index (Phi) is 11.8. The van der Waals surface area contributed by atoms with Crippen LogP contribution in [0, 0.1) is 5.92 Å². The highest BCUT2D eigenvalue weighted by molar-refractivity contribution is 5.96. The van der Waals surface area contributed by atoms with Crippen molar-refractivity contribution in [3.63, 3.8) is 0 Å². The van der Waals surface area contributed by atoms with Crippen LogP contribution in [0.2, 0.25) is 0 Å². The summed E-state index contributed by atoms with van der Waals surface area (Å²) in [7, 11) is 0. The van der Waals surface area contributed by atoms with Crippen molar-refractivity contribution in [1.29, 1.82) is 0 Å². The van der Waals surface area contributed by atoms with Crippen LogP contribution >= 0.6 is 0 Å². The van der Waals surface area contributed by atoms with Crippen LogP contribution in [0.25, 0.3) is 0 Å². The number of amides is 4. The van der Waals surface area contributed by atoms with Gasteiger partial charge < -0.3 is 39.6 Å². The number of benzene rings is 1. The van der Waals surface area contributed by atoms with Gasteiger partial charge in [-0.2, -0.15) is 0 Å². The van der Waals surface area contributed by atoms with Crippen molar-refractivity contribution in [2.45, 2.75) is 108 Å². The summed E-state index contributed by atoms with van der Waals surface area (Å²) in [5.41, 5.74) is -0.354. The number of carboxylic acids is 1. The minimum Gasteiger partial charge on any atom is -0.492 e. The standard InChI is InChI=1S/C38H53N5O10/c1-37(2,3)53-35(48)39-30-10-8-6-4-5-7-9-27-21-38(27,34(46)47)40-32(44)31-20-29(24-43(31)33(30)45)52-36(49)42-22-25-11-12-28(19-26(25)23-42)51-18-15-41-13-16-50-17-14-41/h7,9,11-12,19,27,29-31H,4-6,8,10,13-18,20-24H2,1-3H3,(H,39,48)(H,40,44)(H,46,47)/b9-7+/t27-,29-,30+,31+,38-/m1/s1. The second kappa shape index (κ2) is 16.3. The number of carbonyl (C=O) groups is 5. The first-order valence-electron chi connectivity index (χ1n) is 18.8.